The highest BCUT2D eigenvalue weighted by molar-refractivity contribution is 7.80. The molecular formula is C6H14O2S. The van der Waals surface area contributed by atoms with Gasteiger partial charge in [0.1, 0.15) is 0 Å². The zero-order chi connectivity index (χ0) is 7.28. The lowest BCUT2D eigenvalue weighted by atomic mass is 10.1. The van der Waals surface area contributed by atoms with Gasteiger partial charge in [0.15, 0.2) is 0 Å². The predicted octanol–water partition coefficient (Wildman–Crippen LogP) is 0.438. The molecule has 0 aromatic carbocycles. The predicted molar refractivity (Wildman–Crippen MR) is 40.8 cm³/mol. The van der Waals surface area contributed by atoms with Crippen LogP contribution in [0.5, 0.6) is 0 Å². The van der Waals surface area contributed by atoms with E-state index in [4.69, 9.17) is 10.2 Å². The van der Waals surface area contributed by atoms with Crippen LogP contribution in [0.15, 0.2) is 0 Å². The van der Waals surface area contributed by atoms with E-state index < -0.39 is 0 Å². The van der Waals surface area contributed by atoms with Crippen molar-refractivity contribution in [2.45, 2.75) is 32.0 Å². The molecule has 2 unspecified atom stereocenters. The zero-order valence-electron chi connectivity index (χ0n) is 5.62. The summed E-state index contributed by atoms with van der Waals surface area (Å²) >= 11 is 3.89. The van der Waals surface area contributed by atoms with Gasteiger partial charge in [-0.05, 0) is 19.8 Å². The Hall–Kier alpha value is 0.270. The average Bonchev–Trinajstić information content (AvgIpc) is 1.83. The number of hydrogen-bond acceptors (Lipinski definition) is 3. The largest absolute Gasteiger partial charge is 0.393 e. The monoisotopic (exact) mass is 150 g/mol. The first-order valence-electron chi connectivity index (χ1n) is 3.13. The van der Waals surface area contributed by atoms with E-state index in [-0.39, 0.29) is 12.2 Å². The van der Waals surface area contributed by atoms with Crippen LogP contribution in [0, 0.1) is 0 Å². The van der Waals surface area contributed by atoms with Crippen LogP contribution in [0.2, 0.25) is 0 Å². The number of aliphatic hydroxyl groups is 2. The molecule has 0 rings (SSSR count). The highest BCUT2D eigenvalue weighted by Gasteiger charge is 2.02. The Morgan fingerprint density at radius 1 is 1.33 bits per heavy atom. The van der Waals surface area contributed by atoms with Crippen LogP contribution in [0.25, 0.3) is 0 Å². The molecule has 0 radical (unpaired) electrons. The Bertz CT molecular complexity index is 66.1. The second-order valence-electron chi connectivity index (χ2n) is 2.26. The van der Waals surface area contributed by atoms with Crippen molar-refractivity contribution in [3.8, 4) is 0 Å². The summed E-state index contributed by atoms with van der Waals surface area (Å²) in [6.07, 6.45) is 0.630. The van der Waals surface area contributed by atoms with Gasteiger partial charge in [0.25, 0.3) is 0 Å². The van der Waals surface area contributed by atoms with E-state index in [9.17, 15) is 0 Å². The normalized spacial score (nSPS) is 17.3. The lowest BCUT2D eigenvalue weighted by molar-refractivity contribution is 0.136. The van der Waals surface area contributed by atoms with Crippen molar-refractivity contribution >= 4 is 12.6 Å². The molecule has 0 heterocycles. The van der Waals surface area contributed by atoms with E-state index in [2.05, 4.69) is 12.6 Å². The van der Waals surface area contributed by atoms with Crippen LogP contribution in [-0.4, -0.2) is 28.2 Å². The van der Waals surface area contributed by atoms with Gasteiger partial charge < -0.3 is 10.2 Å². The van der Waals surface area contributed by atoms with Crippen molar-refractivity contribution in [1.29, 1.82) is 0 Å². The van der Waals surface area contributed by atoms with E-state index in [0.29, 0.717) is 18.6 Å². The smallest absolute Gasteiger partial charge is 0.0629 e. The molecule has 56 valence electrons. The summed E-state index contributed by atoms with van der Waals surface area (Å²) in [4.78, 5) is 0. The van der Waals surface area contributed by atoms with Gasteiger partial charge in [-0.25, -0.2) is 0 Å². The fourth-order valence-electron chi connectivity index (χ4n) is 0.525. The molecule has 0 saturated heterocycles. The average molecular weight is 150 g/mol. The molecule has 0 aliphatic rings. The summed E-state index contributed by atoms with van der Waals surface area (Å²) in [5, 5.41) is 17.7. The summed E-state index contributed by atoms with van der Waals surface area (Å²) in [6, 6.07) is 0. The molecule has 2 N–H and O–H groups in total. The van der Waals surface area contributed by atoms with Gasteiger partial charge >= 0.3 is 0 Å². The molecule has 0 spiro atoms. The van der Waals surface area contributed by atoms with Gasteiger partial charge in [-0.3, -0.25) is 0 Å². The zero-order valence-corrected chi connectivity index (χ0v) is 6.51. The summed E-state index contributed by atoms with van der Waals surface area (Å²) < 4.78 is 0. The molecule has 0 saturated carbocycles. The fraction of sp³-hybridized carbons (Fsp3) is 1.00. The Morgan fingerprint density at radius 2 is 1.89 bits per heavy atom. The van der Waals surface area contributed by atoms with E-state index in [1.165, 1.54) is 0 Å². The maximum Gasteiger partial charge on any atom is 0.0629 e. The Balaban J connectivity index is 3.06. The first kappa shape index (κ1) is 9.27. The second kappa shape index (κ2) is 5.09. The molecule has 9 heavy (non-hydrogen) atoms. The summed E-state index contributed by atoms with van der Waals surface area (Å²) in [5.41, 5.74) is 0. The third-order valence-electron chi connectivity index (χ3n) is 1.13. The molecular weight excluding hydrogens is 136 g/mol. The van der Waals surface area contributed by atoms with Gasteiger partial charge in [-0.2, -0.15) is 12.6 Å². The van der Waals surface area contributed by atoms with Gasteiger partial charge in [-0.15, -0.1) is 0 Å². The molecule has 2 atom stereocenters. The number of aliphatic hydroxyl groups excluding tert-OH is 2. The SMILES string of the molecule is CC(O)CCC(O)CS. The van der Waals surface area contributed by atoms with Crippen molar-refractivity contribution in [2.24, 2.45) is 0 Å². The third kappa shape index (κ3) is 6.15. The summed E-state index contributed by atoms with van der Waals surface area (Å²) in [7, 11) is 0. The fourth-order valence-corrected chi connectivity index (χ4v) is 0.707. The van der Waals surface area contributed by atoms with Crippen LogP contribution >= 0.6 is 12.6 Å². The Morgan fingerprint density at radius 3 is 2.22 bits per heavy atom. The van der Waals surface area contributed by atoms with E-state index >= 15 is 0 Å². The van der Waals surface area contributed by atoms with Crippen molar-refractivity contribution in [3.05, 3.63) is 0 Å². The molecule has 0 aromatic heterocycles. The minimum Gasteiger partial charge on any atom is -0.393 e. The Labute approximate surface area is 61.3 Å². The van der Waals surface area contributed by atoms with Gasteiger partial charge in [0, 0.05) is 5.75 Å². The lowest BCUT2D eigenvalue weighted by Gasteiger charge is -2.07. The Kier molecular flexibility index (Phi) is 5.24. The van der Waals surface area contributed by atoms with Crippen LogP contribution in [-0.2, 0) is 0 Å². The molecule has 3 heteroatoms. The molecule has 0 bridgehead atoms. The van der Waals surface area contributed by atoms with Crippen molar-refractivity contribution in [2.75, 3.05) is 5.75 Å². The molecule has 0 amide bonds. The second-order valence-corrected chi connectivity index (χ2v) is 2.63. The first-order chi connectivity index (χ1) is 4.16. The first-order valence-corrected chi connectivity index (χ1v) is 3.77. The van der Waals surface area contributed by atoms with Crippen molar-refractivity contribution in [1.82, 2.24) is 0 Å². The van der Waals surface area contributed by atoms with Crippen LogP contribution < -0.4 is 0 Å². The summed E-state index contributed by atoms with van der Waals surface area (Å²) in [6.45, 7) is 1.71. The van der Waals surface area contributed by atoms with Crippen LogP contribution in [0.3, 0.4) is 0 Å². The standard InChI is InChI=1S/C6H14O2S/c1-5(7)2-3-6(8)4-9/h5-9H,2-4H2,1H3. The van der Waals surface area contributed by atoms with Gasteiger partial charge in [0.05, 0.1) is 12.2 Å². The highest BCUT2D eigenvalue weighted by Crippen LogP contribution is 2.01. The van der Waals surface area contributed by atoms with E-state index in [1.54, 1.807) is 6.92 Å². The maximum absolute atomic E-state index is 8.92. The molecule has 0 aliphatic carbocycles. The summed E-state index contributed by atoms with van der Waals surface area (Å²) in [5.74, 6) is 0.479. The lowest BCUT2D eigenvalue weighted by Crippen LogP contribution is -2.11. The molecule has 0 fully saturated rings. The third-order valence-corrected chi connectivity index (χ3v) is 1.55. The van der Waals surface area contributed by atoms with Gasteiger partial charge in [-0.1, -0.05) is 0 Å². The minimum atomic E-state index is -0.358. The van der Waals surface area contributed by atoms with E-state index in [0.717, 1.165) is 0 Å². The number of rotatable bonds is 4. The molecule has 2 nitrogen and oxygen atoms in total. The van der Waals surface area contributed by atoms with Crippen LogP contribution in [0.4, 0.5) is 0 Å². The van der Waals surface area contributed by atoms with Gasteiger partial charge in [0.2, 0.25) is 0 Å². The van der Waals surface area contributed by atoms with E-state index in [1.807, 2.05) is 0 Å². The van der Waals surface area contributed by atoms with Crippen molar-refractivity contribution < 1.29 is 10.2 Å². The quantitative estimate of drug-likeness (QED) is 0.509. The highest BCUT2D eigenvalue weighted by atomic mass is 32.1. The topological polar surface area (TPSA) is 40.5 Å². The maximum atomic E-state index is 8.92. The molecule has 0 aliphatic heterocycles. The molecule has 0 aromatic rings. The van der Waals surface area contributed by atoms with Crippen molar-refractivity contribution in [3.63, 3.8) is 0 Å². The number of thiol groups is 1. The van der Waals surface area contributed by atoms with Crippen LogP contribution in [0.1, 0.15) is 19.8 Å². The number of hydrogen-bond donors (Lipinski definition) is 3. The minimum absolute atomic E-state index is 0.306.